The second-order valence-electron chi connectivity index (χ2n) is 4.56. The Kier molecular flexibility index (Phi) is 3.88. The third-order valence-electron chi connectivity index (χ3n) is 3.05. The van der Waals surface area contributed by atoms with E-state index in [9.17, 15) is 4.79 Å². The number of aromatic nitrogens is 3. The molecule has 7 heteroatoms. The van der Waals surface area contributed by atoms with Crippen LogP contribution in [0.5, 0.6) is 5.75 Å². The van der Waals surface area contributed by atoms with Crippen LogP contribution in [-0.2, 0) is 0 Å². The van der Waals surface area contributed by atoms with Gasteiger partial charge in [-0.2, -0.15) is 0 Å². The molecule has 3 aromatic rings. The van der Waals surface area contributed by atoms with Gasteiger partial charge in [-0.05, 0) is 35.7 Å². The van der Waals surface area contributed by atoms with Gasteiger partial charge in [0.1, 0.15) is 5.75 Å². The van der Waals surface area contributed by atoms with Gasteiger partial charge in [0.2, 0.25) is 5.82 Å². The minimum Gasteiger partial charge on any atom is -0.497 e. The molecule has 0 spiro atoms. The number of Topliss-reactive ketones (excluding diaryl/α,β-unsaturated/α-hetero) is 1. The van der Waals surface area contributed by atoms with Crippen LogP contribution in [0.4, 0.5) is 5.69 Å². The highest BCUT2D eigenvalue weighted by molar-refractivity contribution is 7.13. The fraction of sp³-hybridized carbons (Fsp3) is 0.133. The average molecular weight is 314 g/mol. The van der Waals surface area contributed by atoms with Crippen molar-refractivity contribution in [2.75, 3.05) is 12.5 Å². The third kappa shape index (κ3) is 2.71. The second-order valence-corrected chi connectivity index (χ2v) is 5.50. The van der Waals surface area contributed by atoms with Gasteiger partial charge in [-0.15, -0.1) is 21.5 Å². The molecule has 0 atom stereocenters. The Hall–Kier alpha value is -2.67. The molecule has 112 valence electrons. The maximum Gasteiger partial charge on any atom is 0.219 e. The number of nitrogens with zero attached hydrogens (tertiary/aromatic N) is 3. The summed E-state index contributed by atoms with van der Waals surface area (Å²) in [6, 6.07) is 11.3. The van der Waals surface area contributed by atoms with Crippen LogP contribution < -0.4 is 10.2 Å². The fourth-order valence-corrected chi connectivity index (χ4v) is 2.68. The van der Waals surface area contributed by atoms with E-state index in [0.717, 1.165) is 16.3 Å². The fourth-order valence-electron chi connectivity index (χ4n) is 1.98. The van der Waals surface area contributed by atoms with E-state index in [1.165, 1.54) is 18.3 Å². The number of benzene rings is 1. The number of hydrogen-bond acceptors (Lipinski definition) is 6. The average Bonchev–Trinajstić information content (AvgIpc) is 3.17. The van der Waals surface area contributed by atoms with E-state index in [4.69, 9.17) is 4.74 Å². The van der Waals surface area contributed by atoms with Gasteiger partial charge in [0.05, 0.1) is 17.7 Å². The maximum atomic E-state index is 11.8. The monoisotopic (exact) mass is 314 g/mol. The van der Waals surface area contributed by atoms with Gasteiger partial charge in [-0.25, -0.2) is 4.68 Å². The van der Waals surface area contributed by atoms with Crippen LogP contribution in [0.1, 0.15) is 17.5 Å². The molecule has 0 fully saturated rings. The number of rotatable bonds is 5. The molecule has 0 amide bonds. The molecule has 0 saturated carbocycles. The normalized spacial score (nSPS) is 10.5. The smallest absolute Gasteiger partial charge is 0.219 e. The first-order valence-corrected chi connectivity index (χ1v) is 7.48. The molecule has 22 heavy (non-hydrogen) atoms. The van der Waals surface area contributed by atoms with Gasteiger partial charge in [0.15, 0.2) is 11.6 Å². The molecule has 0 radical (unpaired) electrons. The minimum atomic E-state index is -0.156. The van der Waals surface area contributed by atoms with Crippen LogP contribution in [0.2, 0.25) is 0 Å². The Morgan fingerprint density at radius 3 is 2.59 bits per heavy atom. The van der Waals surface area contributed by atoms with Crippen LogP contribution in [0.3, 0.4) is 0 Å². The zero-order valence-electron chi connectivity index (χ0n) is 12.1. The highest BCUT2D eigenvalue weighted by atomic mass is 32.1. The highest BCUT2D eigenvalue weighted by Gasteiger charge is 2.17. The number of thiophene rings is 1. The largest absolute Gasteiger partial charge is 0.497 e. The number of ether oxygens (including phenoxy) is 1. The van der Waals surface area contributed by atoms with Crippen LogP contribution in [-0.4, -0.2) is 27.8 Å². The molecule has 1 aromatic carbocycles. The van der Waals surface area contributed by atoms with E-state index < -0.39 is 0 Å². The Bertz CT molecular complexity index is 778. The molecule has 2 heterocycles. The summed E-state index contributed by atoms with van der Waals surface area (Å²) in [6.07, 6.45) is 0. The molecule has 1 N–H and O–H groups in total. The lowest BCUT2D eigenvalue weighted by molar-refractivity contribution is 0.100. The van der Waals surface area contributed by atoms with Crippen molar-refractivity contribution in [3.05, 3.63) is 47.6 Å². The number of carbonyl (C=O) groups excluding carboxylic acids is 1. The molecule has 0 bridgehead atoms. The number of hydrogen-bond donors (Lipinski definition) is 1. The lowest BCUT2D eigenvalue weighted by atomic mass is 10.3. The second kappa shape index (κ2) is 5.98. The van der Waals surface area contributed by atoms with Crippen molar-refractivity contribution in [2.24, 2.45) is 0 Å². The van der Waals surface area contributed by atoms with Gasteiger partial charge in [-0.1, -0.05) is 6.07 Å². The zero-order valence-corrected chi connectivity index (χ0v) is 12.9. The Morgan fingerprint density at radius 2 is 2.00 bits per heavy atom. The lowest BCUT2D eigenvalue weighted by Crippen LogP contribution is -2.16. The summed E-state index contributed by atoms with van der Waals surface area (Å²) in [5.74, 6) is 1.48. The first-order valence-electron chi connectivity index (χ1n) is 6.60. The topological polar surface area (TPSA) is 69.0 Å². The Morgan fingerprint density at radius 1 is 1.23 bits per heavy atom. The molecule has 0 saturated heterocycles. The summed E-state index contributed by atoms with van der Waals surface area (Å²) in [5, 5.41) is 10.1. The van der Waals surface area contributed by atoms with Crippen molar-refractivity contribution in [3.8, 4) is 16.5 Å². The maximum absolute atomic E-state index is 11.8. The Balaban J connectivity index is 2.00. The summed E-state index contributed by atoms with van der Waals surface area (Å²) in [6.45, 7) is 1.47. The number of nitrogens with one attached hydrogen (secondary N) is 1. The van der Waals surface area contributed by atoms with E-state index >= 15 is 0 Å². The van der Waals surface area contributed by atoms with Crippen LogP contribution in [0.25, 0.3) is 10.7 Å². The van der Waals surface area contributed by atoms with Gasteiger partial charge in [0, 0.05) is 6.92 Å². The summed E-state index contributed by atoms with van der Waals surface area (Å²) in [5.41, 5.74) is 3.97. The number of methoxy groups -OCH3 is 1. The molecule has 6 nitrogen and oxygen atoms in total. The van der Waals surface area contributed by atoms with Crippen molar-refractivity contribution in [3.63, 3.8) is 0 Å². The molecule has 0 unspecified atom stereocenters. The van der Waals surface area contributed by atoms with Crippen LogP contribution >= 0.6 is 11.3 Å². The molecule has 2 aromatic heterocycles. The van der Waals surface area contributed by atoms with Crippen molar-refractivity contribution < 1.29 is 9.53 Å². The molecule has 3 rings (SSSR count). The van der Waals surface area contributed by atoms with Crippen molar-refractivity contribution in [2.45, 2.75) is 6.92 Å². The molecule has 0 aliphatic heterocycles. The number of anilines is 1. The van der Waals surface area contributed by atoms with Crippen molar-refractivity contribution in [1.82, 2.24) is 14.9 Å². The summed E-state index contributed by atoms with van der Waals surface area (Å²) >= 11 is 1.54. The van der Waals surface area contributed by atoms with Gasteiger partial charge in [-0.3, -0.25) is 10.2 Å². The Labute approximate surface area is 131 Å². The minimum absolute atomic E-state index is 0.156. The molecule has 0 aliphatic carbocycles. The molecular weight excluding hydrogens is 300 g/mol. The van der Waals surface area contributed by atoms with E-state index in [1.807, 2.05) is 41.8 Å². The predicted octanol–water partition coefficient (Wildman–Crippen LogP) is 3.09. The standard InChI is InChI=1S/C15H14N4O2S/c1-10(20)14-16-17-15(13-4-3-9-22-13)19(14)18-11-5-7-12(21-2)8-6-11/h3-9,18H,1-2H3. The van der Waals surface area contributed by atoms with Crippen LogP contribution in [0.15, 0.2) is 41.8 Å². The zero-order chi connectivity index (χ0) is 15.5. The van der Waals surface area contributed by atoms with Gasteiger partial charge >= 0.3 is 0 Å². The SMILES string of the molecule is COc1ccc(Nn2c(C(C)=O)nnc2-c2cccs2)cc1. The van der Waals surface area contributed by atoms with Gasteiger partial charge in [0.25, 0.3) is 0 Å². The quantitative estimate of drug-likeness (QED) is 0.733. The first-order chi connectivity index (χ1) is 10.7. The lowest BCUT2D eigenvalue weighted by Gasteiger charge is -2.11. The van der Waals surface area contributed by atoms with Crippen LogP contribution in [0, 0.1) is 0 Å². The molecule has 0 aliphatic rings. The van der Waals surface area contributed by atoms with E-state index in [1.54, 1.807) is 11.8 Å². The van der Waals surface area contributed by atoms with Gasteiger partial charge < -0.3 is 4.74 Å². The highest BCUT2D eigenvalue weighted by Crippen LogP contribution is 2.24. The molecular formula is C15H14N4O2S. The van der Waals surface area contributed by atoms with Crippen molar-refractivity contribution >= 4 is 22.8 Å². The number of carbonyl (C=O) groups is 1. The van der Waals surface area contributed by atoms with E-state index in [0.29, 0.717) is 5.82 Å². The summed E-state index contributed by atoms with van der Waals surface area (Å²) < 4.78 is 6.74. The summed E-state index contributed by atoms with van der Waals surface area (Å²) in [7, 11) is 1.62. The predicted molar refractivity (Wildman–Crippen MR) is 85.4 cm³/mol. The van der Waals surface area contributed by atoms with Crippen molar-refractivity contribution in [1.29, 1.82) is 0 Å². The first kappa shape index (κ1) is 14.3. The van der Waals surface area contributed by atoms with E-state index in [2.05, 4.69) is 15.6 Å². The number of ketones is 1. The summed E-state index contributed by atoms with van der Waals surface area (Å²) in [4.78, 5) is 12.7. The van der Waals surface area contributed by atoms with E-state index in [-0.39, 0.29) is 11.6 Å². The third-order valence-corrected chi connectivity index (χ3v) is 3.92.